The van der Waals surface area contributed by atoms with Crippen molar-refractivity contribution in [3.63, 3.8) is 0 Å². The lowest BCUT2D eigenvalue weighted by atomic mass is 10.4. The smallest absolute Gasteiger partial charge is 0.122 e. The van der Waals surface area contributed by atoms with E-state index in [1.165, 1.54) is 12.9 Å². The Bertz CT molecular complexity index is 69.6. The molecule has 0 rings (SSSR count). The van der Waals surface area contributed by atoms with Gasteiger partial charge in [-0.15, -0.1) is 0 Å². The largest absolute Gasteiger partial charge is 0.389 e. The van der Waals surface area contributed by atoms with Gasteiger partial charge in [-0.05, 0) is 6.92 Å². The Labute approximate surface area is 36.1 Å². The lowest BCUT2D eigenvalue weighted by Crippen LogP contribution is -1.90. The highest BCUT2D eigenvalue weighted by Gasteiger charge is 1.79. The summed E-state index contributed by atoms with van der Waals surface area (Å²) in [5.74, 6) is 1.44. The molecule has 0 aliphatic rings. The zero-order valence-electron chi connectivity index (χ0n) is 3.51. The van der Waals surface area contributed by atoms with Gasteiger partial charge >= 0.3 is 0 Å². The molecule has 0 fully saturated rings. The Hall–Kier alpha value is -0.590. The molecule has 1 N–H and O–H groups in total. The standard InChI is InChI=1S/C4H6O2/c1-4(6)2-3-5/h2,4,6H,1H3/t4-/m1/s1. The van der Waals surface area contributed by atoms with Gasteiger partial charge in [-0.25, -0.2) is 4.79 Å². The Kier molecular flexibility index (Phi) is 2.38. The highest BCUT2D eigenvalue weighted by Crippen LogP contribution is 1.72. The van der Waals surface area contributed by atoms with Crippen LogP contribution in [-0.4, -0.2) is 17.2 Å². The summed E-state index contributed by atoms with van der Waals surface area (Å²) < 4.78 is 0. The summed E-state index contributed by atoms with van der Waals surface area (Å²) in [4.78, 5) is 9.27. The molecule has 0 aliphatic carbocycles. The molecule has 0 radical (unpaired) electrons. The van der Waals surface area contributed by atoms with Crippen molar-refractivity contribution in [2.75, 3.05) is 0 Å². The van der Waals surface area contributed by atoms with Gasteiger partial charge in [-0.1, -0.05) is 0 Å². The van der Waals surface area contributed by atoms with Crippen LogP contribution in [0.1, 0.15) is 6.92 Å². The lowest BCUT2D eigenvalue weighted by molar-refractivity contribution is 0.245. The first-order valence-corrected chi connectivity index (χ1v) is 1.66. The normalized spacial score (nSPS) is 12.3. The monoisotopic (exact) mass is 86.0 g/mol. The third-order valence-corrected chi connectivity index (χ3v) is 0.309. The van der Waals surface area contributed by atoms with E-state index >= 15 is 0 Å². The van der Waals surface area contributed by atoms with Crippen LogP contribution in [0, 0.1) is 0 Å². The molecule has 0 aromatic rings. The summed E-state index contributed by atoms with van der Waals surface area (Å²) in [5.41, 5.74) is 0. The van der Waals surface area contributed by atoms with Crippen molar-refractivity contribution >= 4 is 5.94 Å². The minimum atomic E-state index is -0.650. The second-order valence-corrected chi connectivity index (χ2v) is 1.03. The van der Waals surface area contributed by atoms with Crippen molar-refractivity contribution in [1.29, 1.82) is 0 Å². The zero-order chi connectivity index (χ0) is 4.99. The Morgan fingerprint density at radius 2 is 2.50 bits per heavy atom. The third kappa shape index (κ3) is 3.41. The van der Waals surface area contributed by atoms with E-state index in [1.54, 1.807) is 0 Å². The molecule has 0 aromatic heterocycles. The first kappa shape index (κ1) is 5.41. The van der Waals surface area contributed by atoms with Crippen LogP contribution in [0.5, 0.6) is 0 Å². The van der Waals surface area contributed by atoms with Crippen LogP contribution in [0.25, 0.3) is 0 Å². The molecule has 2 nitrogen and oxygen atoms in total. The van der Waals surface area contributed by atoms with Crippen LogP contribution in [0.4, 0.5) is 0 Å². The van der Waals surface area contributed by atoms with Gasteiger partial charge in [-0.3, -0.25) is 0 Å². The van der Waals surface area contributed by atoms with Gasteiger partial charge in [0, 0.05) is 6.08 Å². The average molecular weight is 86.1 g/mol. The molecule has 0 saturated carbocycles. The van der Waals surface area contributed by atoms with E-state index in [2.05, 4.69) is 0 Å². The number of hydrogen-bond donors (Lipinski definition) is 1. The minimum absolute atomic E-state index is 0.650. The molecule has 0 aromatic carbocycles. The van der Waals surface area contributed by atoms with Gasteiger partial charge in [0.2, 0.25) is 0 Å². The fourth-order valence-electron chi connectivity index (χ4n) is 0.0985. The summed E-state index contributed by atoms with van der Waals surface area (Å²) in [7, 11) is 0. The molecule has 0 amide bonds. The van der Waals surface area contributed by atoms with Crippen molar-refractivity contribution in [3.05, 3.63) is 6.08 Å². The van der Waals surface area contributed by atoms with E-state index in [-0.39, 0.29) is 0 Å². The summed E-state index contributed by atoms with van der Waals surface area (Å²) in [5, 5.41) is 8.23. The van der Waals surface area contributed by atoms with Crippen molar-refractivity contribution in [1.82, 2.24) is 0 Å². The first-order chi connectivity index (χ1) is 2.77. The molecule has 0 saturated heterocycles. The van der Waals surface area contributed by atoms with Crippen LogP contribution in [-0.2, 0) is 4.79 Å². The van der Waals surface area contributed by atoms with E-state index in [1.807, 2.05) is 0 Å². The summed E-state index contributed by atoms with van der Waals surface area (Å²) in [6.45, 7) is 1.49. The molecule has 0 unspecified atom stereocenters. The summed E-state index contributed by atoms with van der Waals surface area (Å²) in [6.07, 6.45) is 0.391. The van der Waals surface area contributed by atoms with Crippen LogP contribution >= 0.6 is 0 Å². The Morgan fingerprint density at radius 1 is 2.00 bits per heavy atom. The highest BCUT2D eigenvalue weighted by molar-refractivity contribution is 5.45. The van der Waals surface area contributed by atoms with Crippen molar-refractivity contribution in [2.24, 2.45) is 0 Å². The third-order valence-electron chi connectivity index (χ3n) is 0.309. The van der Waals surface area contributed by atoms with Crippen molar-refractivity contribution in [3.8, 4) is 0 Å². The quantitative estimate of drug-likeness (QED) is 0.447. The number of rotatable bonds is 1. The molecule has 2 heteroatoms. The predicted molar refractivity (Wildman–Crippen MR) is 21.9 cm³/mol. The van der Waals surface area contributed by atoms with Gasteiger partial charge in [0.05, 0.1) is 6.10 Å². The number of aliphatic hydroxyl groups is 1. The van der Waals surface area contributed by atoms with Crippen molar-refractivity contribution in [2.45, 2.75) is 13.0 Å². The molecule has 0 heterocycles. The second-order valence-electron chi connectivity index (χ2n) is 1.03. The topological polar surface area (TPSA) is 37.3 Å². The highest BCUT2D eigenvalue weighted by atomic mass is 16.3. The summed E-state index contributed by atoms with van der Waals surface area (Å²) in [6, 6.07) is 0. The van der Waals surface area contributed by atoms with Gasteiger partial charge in [-0.2, -0.15) is 0 Å². The first-order valence-electron chi connectivity index (χ1n) is 1.66. The molecular formula is C4H6O2. The van der Waals surface area contributed by atoms with E-state index in [9.17, 15) is 4.79 Å². The fraction of sp³-hybridized carbons (Fsp3) is 0.500. The zero-order valence-corrected chi connectivity index (χ0v) is 3.51. The maximum atomic E-state index is 9.27. The van der Waals surface area contributed by atoms with E-state index in [0.717, 1.165) is 6.08 Å². The van der Waals surface area contributed by atoms with Crippen molar-refractivity contribution < 1.29 is 9.90 Å². The molecule has 0 bridgehead atoms. The number of carbonyl (C=O) groups excluding carboxylic acids is 1. The Balaban J connectivity index is 3.29. The van der Waals surface area contributed by atoms with Gasteiger partial charge in [0.1, 0.15) is 5.94 Å². The maximum absolute atomic E-state index is 9.27. The van der Waals surface area contributed by atoms with Gasteiger partial charge in [0.25, 0.3) is 0 Å². The number of aliphatic hydroxyl groups excluding tert-OH is 1. The van der Waals surface area contributed by atoms with Crippen LogP contribution in [0.2, 0.25) is 0 Å². The maximum Gasteiger partial charge on any atom is 0.122 e. The SMILES string of the molecule is C[C@@H](O)C=C=O. The molecule has 34 valence electrons. The molecular weight excluding hydrogens is 80.0 g/mol. The summed E-state index contributed by atoms with van der Waals surface area (Å²) >= 11 is 0. The van der Waals surface area contributed by atoms with Gasteiger partial charge in [0.15, 0.2) is 0 Å². The minimum Gasteiger partial charge on any atom is -0.389 e. The lowest BCUT2D eigenvalue weighted by Gasteiger charge is -1.82. The Morgan fingerprint density at radius 3 is 2.50 bits per heavy atom. The van der Waals surface area contributed by atoms with Gasteiger partial charge < -0.3 is 5.11 Å². The predicted octanol–water partition coefficient (Wildman–Crippen LogP) is -0.245. The average Bonchev–Trinajstić information content (AvgIpc) is 1.35. The second kappa shape index (κ2) is 2.64. The molecule has 6 heavy (non-hydrogen) atoms. The number of hydrogen-bond acceptors (Lipinski definition) is 2. The molecule has 1 atom stereocenters. The van der Waals surface area contributed by atoms with Crippen LogP contribution in [0.15, 0.2) is 6.08 Å². The molecule has 0 spiro atoms. The molecule has 0 aliphatic heterocycles. The van der Waals surface area contributed by atoms with Crippen LogP contribution in [0.3, 0.4) is 0 Å². The van der Waals surface area contributed by atoms with E-state index in [0.29, 0.717) is 0 Å². The van der Waals surface area contributed by atoms with E-state index in [4.69, 9.17) is 5.11 Å². The fourth-order valence-corrected chi connectivity index (χ4v) is 0.0985. The van der Waals surface area contributed by atoms with Crippen LogP contribution < -0.4 is 0 Å². The van der Waals surface area contributed by atoms with E-state index < -0.39 is 6.10 Å².